The van der Waals surface area contributed by atoms with Gasteiger partial charge in [-0.3, -0.25) is 0 Å². The van der Waals surface area contributed by atoms with Crippen LogP contribution < -0.4 is 0 Å². The lowest BCUT2D eigenvalue weighted by molar-refractivity contribution is 0.219. The second kappa shape index (κ2) is 4.83. The van der Waals surface area contributed by atoms with E-state index >= 15 is 0 Å². The molecule has 0 amide bonds. The first-order chi connectivity index (χ1) is 8.04. The Kier molecular flexibility index (Phi) is 3.59. The van der Waals surface area contributed by atoms with Gasteiger partial charge < -0.3 is 4.74 Å². The van der Waals surface area contributed by atoms with Crippen LogP contribution in [0.3, 0.4) is 0 Å². The van der Waals surface area contributed by atoms with Gasteiger partial charge in [0.25, 0.3) is 0 Å². The van der Waals surface area contributed by atoms with Crippen LogP contribution in [0.1, 0.15) is 32.3 Å². The molecule has 3 nitrogen and oxygen atoms in total. The topological polar surface area (TPSA) is 34.5 Å². The summed E-state index contributed by atoms with van der Waals surface area (Å²) < 4.78 is 5.56. The van der Waals surface area contributed by atoms with Gasteiger partial charge in [-0.15, -0.1) is 0 Å². The van der Waals surface area contributed by atoms with Crippen LogP contribution in [-0.4, -0.2) is 23.0 Å². The molecule has 0 bridgehead atoms. The van der Waals surface area contributed by atoms with Crippen molar-refractivity contribution in [3.05, 3.63) is 28.0 Å². The molecule has 0 fully saturated rings. The van der Waals surface area contributed by atoms with Gasteiger partial charge in [0, 0.05) is 12.6 Å². The van der Waals surface area contributed by atoms with Gasteiger partial charge in [0.15, 0.2) is 0 Å². The number of aromatic nitrogens is 1. The van der Waals surface area contributed by atoms with E-state index in [1.807, 2.05) is 0 Å². The Morgan fingerprint density at radius 3 is 2.88 bits per heavy atom. The van der Waals surface area contributed by atoms with Crippen LogP contribution in [0, 0.1) is 0 Å². The molecule has 92 valence electrons. The second-order valence-corrected chi connectivity index (χ2v) is 5.13. The molecule has 1 atom stereocenters. The molecule has 1 unspecified atom stereocenters. The molecule has 17 heavy (non-hydrogen) atoms. The molecule has 0 aliphatic carbocycles. The van der Waals surface area contributed by atoms with Crippen molar-refractivity contribution in [3.63, 3.8) is 0 Å². The molecule has 0 radical (unpaired) electrons. The number of nitrogens with zero attached hydrogens (tertiary/aromatic N) is 2. The number of pyridine rings is 1. The van der Waals surface area contributed by atoms with E-state index in [4.69, 9.17) is 27.9 Å². The molecular formula is C12H14Cl2N2O. The minimum Gasteiger partial charge on any atom is -0.477 e. The Morgan fingerprint density at radius 1 is 1.47 bits per heavy atom. The third kappa shape index (κ3) is 2.72. The summed E-state index contributed by atoms with van der Waals surface area (Å²) in [5.41, 5.74) is 0.721. The summed E-state index contributed by atoms with van der Waals surface area (Å²) in [6.07, 6.45) is 3.55. The summed E-state index contributed by atoms with van der Waals surface area (Å²) in [5.74, 6) is 0.603. The Morgan fingerprint density at radius 2 is 2.24 bits per heavy atom. The van der Waals surface area contributed by atoms with Crippen LogP contribution >= 0.6 is 23.2 Å². The molecule has 0 saturated heterocycles. The molecule has 1 aromatic heterocycles. The summed E-state index contributed by atoms with van der Waals surface area (Å²) in [7, 11) is 0. The van der Waals surface area contributed by atoms with Crippen molar-refractivity contribution in [2.45, 2.75) is 32.2 Å². The van der Waals surface area contributed by atoms with E-state index in [1.165, 1.54) is 0 Å². The molecule has 1 aromatic rings. The Bertz CT molecular complexity index is 462. The summed E-state index contributed by atoms with van der Waals surface area (Å²) >= 11 is 11.7. The average molecular weight is 273 g/mol. The molecule has 1 aliphatic heterocycles. The van der Waals surface area contributed by atoms with Gasteiger partial charge >= 0.3 is 0 Å². The Labute approximate surface area is 111 Å². The summed E-state index contributed by atoms with van der Waals surface area (Å²) in [6, 6.07) is 1.73. The van der Waals surface area contributed by atoms with Gasteiger partial charge in [-0.05, 0) is 19.4 Å². The lowest BCUT2D eigenvalue weighted by atomic mass is 9.95. The van der Waals surface area contributed by atoms with Crippen LogP contribution in [0.25, 0.3) is 0 Å². The first-order valence-corrected chi connectivity index (χ1v) is 6.34. The second-order valence-electron chi connectivity index (χ2n) is 4.36. The monoisotopic (exact) mass is 272 g/mol. The molecule has 5 heteroatoms. The lowest BCUT2D eigenvalue weighted by Crippen LogP contribution is -2.31. The minimum absolute atomic E-state index is 0.0559. The molecule has 0 spiro atoms. The number of halogens is 2. The fourth-order valence-corrected chi connectivity index (χ4v) is 1.91. The van der Waals surface area contributed by atoms with Crippen molar-refractivity contribution in [3.8, 4) is 0 Å². The van der Waals surface area contributed by atoms with E-state index in [0.717, 1.165) is 18.4 Å². The number of ether oxygens (including phenoxy) is 1. The Hall–Kier alpha value is -0.800. The van der Waals surface area contributed by atoms with E-state index in [-0.39, 0.29) is 5.54 Å². The van der Waals surface area contributed by atoms with Gasteiger partial charge in [0.1, 0.15) is 5.15 Å². The van der Waals surface area contributed by atoms with E-state index in [1.54, 1.807) is 12.3 Å². The largest absolute Gasteiger partial charge is 0.477 e. The van der Waals surface area contributed by atoms with Crippen LogP contribution in [-0.2, 0) is 4.74 Å². The summed E-state index contributed by atoms with van der Waals surface area (Å²) in [6.45, 7) is 4.92. The molecule has 2 heterocycles. The van der Waals surface area contributed by atoms with Crippen LogP contribution in [0.5, 0.6) is 0 Å². The molecule has 2 rings (SSSR count). The zero-order chi connectivity index (χ0) is 12.5. The van der Waals surface area contributed by atoms with Crippen molar-refractivity contribution < 1.29 is 4.74 Å². The van der Waals surface area contributed by atoms with E-state index in [2.05, 4.69) is 23.8 Å². The maximum atomic E-state index is 5.93. The van der Waals surface area contributed by atoms with Crippen LogP contribution in [0.15, 0.2) is 17.3 Å². The number of aliphatic imine (C=N–C) groups is 1. The highest BCUT2D eigenvalue weighted by Gasteiger charge is 2.27. The van der Waals surface area contributed by atoms with Gasteiger partial charge in [-0.2, -0.15) is 0 Å². The van der Waals surface area contributed by atoms with Crippen LogP contribution in [0.2, 0.25) is 10.2 Å². The SMILES string of the molecule is CCC1(C)CCOC(c2cnc(Cl)c(Cl)c2)=N1. The number of rotatable bonds is 2. The quantitative estimate of drug-likeness (QED) is 0.769. The highest BCUT2D eigenvalue weighted by Crippen LogP contribution is 2.27. The van der Waals surface area contributed by atoms with E-state index in [0.29, 0.717) is 22.7 Å². The third-order valence-corrected chi connectivity index (χ3v) is 3.74. The van der Waals surface area contributed by atoms with Crippen LogP contribution in [0.4, 0.5) is 0 Å². The van der Waals surface area contributed by atoms with Crippen molar-refractivity contribution in [1.82, 2.24) is 4.98 Å². The standard InChI is InChI=1S/C12H14Cl2N2O/c1-3-12(2)4-5-17-11(16-12)8-6-9(13)10(14)15-7-8/h6-7H,3-5H2,1-2H3. The molecule has 1 aliphatic rings. The third-order valence-electron chi connectivity index (χ3n) is 3.06. The van der Waals surface area contributed by atoms with Gasteiger partial charge in [0.2, 0.25) is 5.90 Å². The normalized spacial score (nSPS) is 24.1. The van der Waals surface area contributed by atoms with Crippen molar-refractivity contribution in [1.29, 1.82) is 0 Å². The van der Waals surface area contributed by atoms with Gasteiger partial charge in [-0.25, -0.2) is 9.98 Å². The average Bonchev–Trinajstić information content (AvgIpc) is 2.33. The maximum absolute atomic E-state index is 5.93. The zero-order valence-corrected chi connectivity index (χ0v) is 11.3. The van der Waals surface area contributed by atoms with Crippen molar-refractivity contribution >= 4 is 29.1 Å². The van der Waals surface area contributed by atoms with Gasteiger partial charge in [-0.1, -0.05) is 30.1 Å². The summed E-state index contributed by atoms with van der Waals surface area (Å²) in [4.78, 5) is 8.63. The minimum atomic E-state index is -0.0559. The van der Waals surface area contributed by atoms with Gasteiger partial charge in [0.05, 0.1) is 22.7 Å². The molecule has 0 N–H and O–H groups in total. The summed E-state index contributed by atoms with van der Waals surface area (Å²) in [5, 5.41) is 0.712. The van der Waals surface area contributed by atoms with Crippen molar-refractivity contribution in [2.24, 2.45) is 4.99 Å². The first-order valence-electron chi connectivity index (χ1n) is 5.58. The first kappa shape index (κ1) is 12.7. The Balaban J connectivity index is 2.36. The highest BCUT2D eigenvalue weighted by molar-refractivity contribution is 6.41. The fraction of sp³-hybridized carbons (Fsp3) is 0.500. The smallest absolute Gasteiger partial charge is 0.218 e. The fourth-order valence-electron chi connectivity index (χ4n) is 1.64. The van der Waals surface area contributed by atoms with Crippen molar-refractivity contribution in [2.75, 3.05) is 6.61 Å². The van der Waals surface area contributed by atoms with E-state index in [9.17, 15) is 0 Å². The zero-order valence-electron chi connectivity index (χ0n) is 9.83. The lowest BCUT2D eigenvalue weighted by Gasteiger charge is -2.29. The molecular weight excluding hydrogens is 259 g/mol. The number of hydrogen-bond acceptors (Lipinski definition) is 3. The molecule has 0 aromatic carbocycles. The molecule has 0 saturated carbocycles. The predicted octanol–water partition coefficient (Wildman–Crippen LogP) is 3.72. The predicted molar refractivity (Wildman–Crippen MR) is 70.1 cm³/mol. The number of hydrogen-bond donors (Lipinski definition) is 0. The maximum Gasteiger partial charge on any atom is 0.218 e. The van der Waals surface area contributed by atoms with E-state index < -0.39 is 0 Å². The highest BCUT2D eigenvalue weighted by atomic mass is 35.5.